The summed E-state index contributed by atoms with van der Waals surface area (Å²) in [5.41, 5.74) is 5.04. The van der Waals surface area contributed by atoms with Gasteiger partial charge >= 0.3 is 0 Å². The molecule has 2 bridgehead atoms. The Hall–Kier alpha value is -1.65. The number of carbonyl (C=O) groups is 3. The Morgan fingerprint density at radius 3 is 2.24 bits per heavy atom. The van der Waals surface area contributed by atoms with E-state index in [1.165, 1.54) is 4.90 Å². The maximum Gasteiger partial charge on any atom is 0.233 e. The minimum absolute atomic E-state index is 0.0552. The van der Waals surface area contributed by atoms with Crippen molar-refractivity contribution in [2.45, 2.75) is 12.8 Å². The normalized spacial score (nSPS) is 38.0. The third-order valence-electron chi connectivity index (χ3n) is 4.14. The number of likely N-dealkylation sites (tertiary alicyclic amines) is 1. The van der Waals surface area contributed by atoms with Crippen LogP contribution in [0.2, 0.25) is 0 Å². The monoisotopic (exact) mass is 234 g/mol. The molecule has 4 atom stereocenters. The van der Waals surface area contributed by atoms with Gasteiger partial charge in [0.25, 0.3) is 0 Å². The Morgan fingerprint density at radius 2 is 1.76 bits per heavy atom. The largest absolute Gasteiger partial charge is 0.370 e. The minimum atomic E-state index is -0.483. The number of rotatable bonds is 3. The number of imide groups is 1. The van der Waals surface area contributed by atoms with Gasteiger partial charge < -0.3 is 5.73 Å². The zero-order valence-corrected chi connectivity index (χ0v) is 9.33. The van der Waals surface area contributed by atoms with Crippen LogP contribution in [0, 0.1) is 23.7 Å². The molecule has 0 unspecified atom stereocenters. The first kappa shape index (κ1) is 10.5. The standard InChI is InChI=1S/C12H14N2O3/c13-8(15)3-4-14-11(16)9-6-1-2-7(5-6)10(9)12(14)17/h1-2,6-7,9-10H,3-5H2,(H2,13,15)/t6-,7+,9-,10-/m1/s1. The predicted molar refractivity (Wildman–Crippen MR) is 58.2 cm³/mol. The van der Waals surface area contributed by atoms with E-state index in [-0.39, 0.29) is 48.5 Å². The van der Waals surface area contributed by atoms with Crippen molar-refractivity contribution in [1.29, 1.82) is 0 Å². The number of hydrogen-bond acceptors (Lipinski definition) is 3. The molecule has 5 nitrogen and oxygen atoms in total. The summed E-state index contributed by atoms with van der Waals surface area (Å²) in [4.78, 5) is 36.2. The van der Waals surface area contributed by atoms with Gasteiger partial charge in [0.1, 0.15) is 0 Å². The second-order valence-electron chi connectivity index (χ2n) is 5.04. The van der Waals surface area contributed by atoms with Gasteiger partial charge in [-0.15, -0.1) is 0 Å². The van der Waals surface area contributed by atoms with Gasteiger partial charge in [-0.2, -0.15) is 0 Å². The van der Waals surface area contributed by atoms with Gasteiger partial charge in [-0.05, 0) is 18.3 Å². The van der Waals surface area contributed by atoms with Gasteiger partial charge in [-0.25, -0.2) is 0 Å². The summed E-state index contributed by atoms with van der Waals surface area (Å²) in [6.45, 7) is 0.138. The molecule has 3 amide bonds. The van der Waals surface area contributed by atoms with Gasteiger partial charge in [-0.3, -0.25) is 19.3 Å². The van der Waals surface area contributed by atoms with Crippen molar-refractivity contribution in [2.75, 3.05) is 6.54 Å². The van der Waals surface area contributed by atoms with Crippen molar-refractivity contribution in [3.8, 4) is 0 Å². The summed E-state index contributed by atoms with van der Waals surface area (Å²) < 4.78 is 0. The van der Waals surface area contributed by atoms with E-state index in [4.69, 9.17) is 5.73 Å². The second-order valence-corrected chi connectivity index (χ2v) is 5.04. The summed E-state index contributed by atoms with van der Waals surface area (Å²) in [6, 6.07) is 0. The van der Waals surface area contributed by atoms with Crippen molar-refractivity contribution >= 4 is 17.7 Å². The third-order valence-corrected chi connectivity index (χ3v) is 4.14. The number of fused-ring (bicyclic) bond motifs is 5. The lowest BCUT2D eigenvalue weighted by Gasteiger charge is -2.15. The quantitative estimate of drug-likeness (QED) is 0.536. The van der Waals surface area contributed by atoms with Crippen LogP contribution in [0.25, 0.3) is 0 Å². The SMILES string of the molecule is NC(=O)CCN1C(=O)[C@H]2[C@H](C1=O)[C@H]1C=C[C@@H]2C1. The molecule has 3 rings (SSSR count). The number of amides is 3. The fourth-order valence-corrected chi connectivity index (χ4v) is 3.41. The van der Waals surface area contributed by atoms with E-state index in [1.54, 1.807) is 0 Å². The number of carbonyl (C=O) groups excluding carboxylic acids is 3. The zero-order chi connectivity index (χ0) is 12.2. The second kappa shape index (κ2) is 3.42. The molecule has 1 aliphatic heterocycles. The fraction of sp³-hybridized carbons (Fsp3) is 0.583. The maximum atomic E-state index is 12.1. The Balaban J connectivity index is 1.80. The maximum absolute atomic E-state index is 12.1. The molecular formula is C12H14N2O3. The number of nitrogens with zero attached hydrogens (tertiary/aromatic N) is 1. The summed E-state index contributed by atoms with van der Waals surface area (Å²) in [7, 11) is 0. The molecule has 90 valence electrons. The van der Waals surface area contributed by atoms with Crippen molar-refractivity contribution < 1.29 is 14.4 Å². The molecule has 2 fully saturated rings. The Kier molecular flexibility index (Phi) is 2.11. The molecule has 17 heavy (non-hydrogen) atoms. The average molecular weight is 234 g/mol. The molecule has 0 aromatic heterocycles. The van der Waals surface area contributed by atoms with E-state index >= 15 is 0 Å². The Bertz CT molecular complexity index is 413. The third kappa shape index (κ3) is 1.34. The van der Waals surface area contributed by atoms with Crippen molar-refractivity contribution in [2.24, 2.45) is 29.4 Å². The van der Waals surface area contributed by atoms with E-state index < -0.39 is 5.91 Å². The van der Waals surface area contributed by atoms with Crippen LogP contribution in [-0.4, -0.2) is 29.2 Å². The van der Waals surface area contributed by atoms with Crippen LogP contribution in [0.15, 0.2) is 12.2 Å². The highest BCUT2D eigenvalue weighted by molar-refractivity contribution is 6.06. The average Bonchev–Trinajstić information content (AvgIpc) is 2.92. The van der Waals surface area contributed by atoms with Crippen LogP contribution in [-0.2, 0) is 14.4 Å². The highest BCUT2D eigenvalue weighted by Gasteiger charge is 2.58. The van der Waals surface area contributed by atoms with E-state index in [1.807, 2.05) is 0 Å². The fourth-order valence-electron chi connectivity index (χ4n) is 3.41. The summed E-state index contributed by atoms with van der Waals surface area (Å²) in [6.07, 6.45) is 5.08. The Morgan fingerprint density at radius 1 is 1.24 bits per heavy atom. The van der Waals surface area contributed by atoms with E-state index in [9.17, 15) is 14.4 Å². The summed E-state index contributed by atoms with van der Waals surface area (Å²) in [5, 5.41) is 0. The number of hydrogen-bond donors (Lipinski definition) is 1. The molecule has 2 N–H and O–H groups in total. The lowest BCUT2D eigenvalue weighted by molar-refractivity contribution is -0.140. The van der Waals surface area contributed by atoms with Crippen LogP contribution in [0.3, 0.4) is 0 Å². The molecule has 2 aliphatic carbocycles. The predicted octanol–water partition coefficient (Wildman–Crippen LogP) is -0.331. The molecule has 0 aromatic carbocycles. The number of allylic oxidation sites excluding steroid dienone is 2. The van der Waals surface area contributed by atoms with Crippen LogP contribution in [0.4, 0.5) is 0 Å². The van der Waals surface area contributed by atoms with Crippen LogP contribution < -0.4 is 5.73 Å². The number of nitrogens with two attached hydrogens (primary N) is 1. The van der Waals surface area contributed by atoms with Crippen molar-refractivity contribution in [3.05, 3.63) is 12.2 Å². The molecule has 3 aliphatic rings. The highest BCUT2D eigenvalue weighted by Crippen LogP contribution is 2.52. The minimum Gasteiger partial charge on any atom is -0.370 e. The van der Waals surface area contributed by atoms with Gasteiger partial charge in [0, 0.05) is 13.0 Å². The van der Waals surface area contributed by atoms with E-state index in [2.05, 4.69) is 12.2 Å². The van der Waals surface area contributed by atoms with Crippen molar-refractivity contribution in [1.82, 2.24) is 4.90 Å². The topological polar surface area (TPSA) is 80.5 Å². The van der Waals surface area contributed by atoms with Crippen LogP contribution in [0.1, 0.15) is 12.8 Å². The van der Waals surface area contributed by atoms with Gasteiger partial charge in [0.15, 0.2) is 0 Å². The first-order chi connectivity index (χ1) is 8.09. The summed E-state index contributed by atoms with van der Waals surface area (Å²) >= 11 is 0. The summed E-state index contributed by atoms with van der Waals surface area (Å²) in [5.74, 6) is -0.615. The van der Waals surface area contributed by atoms with E-state index in [0.717, 1.165) is 6.42 Å². The highest BCUT2D eigenvalue weighted by atomic mass is 16.2. The molecule has 0 aromatic rings. The molecule has 1 saturated carbocycles. The van der Waals surface area contributed by atoms with Gasteiger partial charge in [0.05, 0.1) is 11.8 Å². The molecule has 5 heteroatoms. The smallest absolute Gasteiger partial charge is 0.233 e. The molecular weight excluding hydrogens is 220 g/mol. The Labute approximate surface area is 98.6 Å². The molecule has 0 spiro atoms. The van der Waals surface area contributed by atoms with Crippen LogP contribution >= 0.6 is 0 Å². The van der Waals surface area contributed by atoms with Crippen LogP contribution in [0.5, 0.6) is 0 Å². The van der Waals surface area contributed by atoms with E-state index in [0.29, 0.717) is 0 Å². The van der Waals surface area contributed by atoms with Gasteiger partial charge in [0.2, 0.25) is 17.7 Å². The van der Waals surface area contributed by atoms with Crippen molar-refractivity contribution in [3.63, 3.8) is 0 Å². The first-order valence-corrected chi connectivity index (χ1v) is 5.91. The molecule has 1 saturated heterocycles. The lowest BCUT2D eigenvalue weighted by Crippen LogP contribution is -2.35. The zero-order valence-electron chi connectivity index (χ0n) is 9.33. The molecule has 1 heterocycles. The van der Waals surface area contributed by atoms with Gasteiger partial charge in [-0.1, -0.05) is 12.2 Å². The molecule has 0 radical (unpaired) electrons. The first-order valence-electron chi connectivity index (χ1n) is 5.91. The lowest BCUT2D eigenvalue weighted by atomic mass is 9.85. The number of primary amides is 1.